The largest absolute Gasteiger partial charge is 0.379 e. The fourth-order valence-electron chi connectivity index (χ4n) is 6.20. The molecule has 0 spiro atoms. The van der Waals surface area contributed by atoms with Crippen molar-refractivity contribution >= 4 is 0 Å². The van der Waals surface area contributed by atoms with Crippen molar-refractivity contribution in [3.8, 4) is 22.3 Å². The van der Waals surface area contributed by atoms with Gasteiger partial charge in [-0.1, -0.05) is 44.0 Å². The van der Waals surface area contributed by atoms with Crippen molar-refractivity contribution in [1.82, 2.24) is 0 Å². The van der Waals surface area contributed by atoms with Gasteiger partial charge in [-0.05, 0) is 111 Å². The third-order valence-corrected chi connectivity index (χ3v) is 8.55. The lowest BCUT2D eigenvalue weighted by atomic mass is 9.71. The van der Waals surface area contributed by atoms with E-state index in [0.717, 1.165) is 36.0 Å². The maximum Gasteiger partial charge on any atom is 0.194 e. The average molecular weight is 559 g/mol. The number of hydrogen-bond acceptors (Lipinski definition) is 1. The Morgan fingerprint density at radius 3 is 1.68 bits per heavy atom. The predicted octanol–water partition coefficient (Wildman–Crippen LogP) is 10.4. The summed E-state index contributed by atoms with van der Waals surface area (Å²) in [5.74, 6) is -2.63. The monoisotopic (exact) mass is 558 g/mol. The zero-order chi connectivity index (χ0) is 28.8. The molecule has 0 atom stereocenters. The maximum atomic E-state index is 14.3. The van der Waals surface area contributed by atoms with Crippen molar-refractivity contribution in [2.75, 3.05) is 6.61 Å². The summed E-state index contributed by atoms with van der Waals surface area (Å²) in [5.41, 5.74) is 0.980. The van der Waals surface area contributed by atoms with Crippen LogP contribution in [0.25, 0.3) is 22.3 Å². The van der Waals surface area contributed by atoms with Crippen molar-refractivity contribution in [3.63, 3.8) is 0 Å². The van der Waals surface area contributed by atoms with Crippen LogP contribution in [0.1, 0.15) is 70.8 Å². The van der Waals surface area contributed by atoms with Crippen molar-refractivity contribution in [2.24, 2.45) is 17.8 Å². The number of ether oxygens (including phenoxy) is 1. The normalized spacial score (nSPS) is 22.9. The van der Waals surface area contributed by atoms with Crippen LogP contribution in [-0.2, 0) is 4.74 Å². The number of aryl methyl sites for hydroxylation is 1. The van der Waals surface area contributed by atoms with Crippen LogP contribution in [0.3, 0.4) is 0 Å². The molecule has 0 saturated heterocycles. The Bertz CT molecular complexity index is 1250. The van der Waals surface area contributed by atoms with Crippen molar-refractivity contribution in [3.05, 3.63) is 83.2 Å². The summed E-state index contributed by atoms with van der Waals surface area (Å²) in [4.78, 5) is 0. The predicted molar refractivity (Wildman–Crippen MR) is 150 cm³/mol. The van der Waals surface area contributed by atoms with E-state index in [0.29, 0.717) is 18.2 Å². The summed E-state index contributed by atoms with van der Waals surface area (Å²) < 4.78 is 73.7. The summed E-state index contributed by atoms with van der Waals surface area (Å²) >= 11 is 0. The third-order valence-electron chi connectivity index (χ3n) is 8.55. The first-order valence-corrected chi connectivity index (χ1v) is 14.5. The van der Waals surface area contributed by atoms with Crippen molar-refractivity contribution < 1.29 is 26.7 Å². The van der Waals surface area contributed by atoms with Gasteiger partial charge in [0.15, 0.2) is 17.5 Å². The lowest BCUT2D eigenvalue weighted by Gasteiger charge is -2.37. The molecule has 0 aromatic heterocycles. The SMILES string of the molecule is CCOC1CCC(C2CCC(C)CC2)CC1.Cc1ccc(-c2ccc(-c3cc(F)c(F)c(F)c3)c(F)c2)c(F)c1. The van der Waals surface area contributed by atoms with Crippen LogP contribution in [0.5, 0.6) is 0 Å². The van der Waals surface area contributed by atoms with Crippen molar-refractivity contribution in [1.29, 1.82) is 0 Å². The Morgan fingerprint density at radius 2 is 1.12 bits per heavy atom. The van der Waals surface area contributed by atoms with Crippen LogP contribution < -0.4 is 0 Å². The highest BCUT2D eigenvalue weighted by atomic mass is 19.2. The maximum absolute atomic E-state index is 14.3. The van der Waals surface area contributed by atoms with E-state index in [2.05, 4.69) is 13.8 Å². The average Bonchev–Trinajstić information content (AvgIpc) is 2.93. The molecule has 40 heavy (non-hydrogen) atoms. The Balaban J connectivity index is 0.000000201. The first-order valence-electron chi connectivity index (χ1n) is 14.5. The van der Waals surface area contributed by atoms with Gasteiger partial charge in [-0.25, -0.2) is 22.0 Å². The molecule has 0 heterocycles. The van der Waals surface area contributed by atoms with Crippen LogP contribution in [0.4, 0.5) is 22.0 Å². The van der Waals surface area contributed by atoms with E-state index in [1.54, 1.807) is 13.0 Å². The standard InChI is InChI=1S/C19H11F5.C15H28O/c1-10-2-4-13(15(20)6-10)11-3-5-14(16(21)7-11)12-8-17(22)19(24)18(23)9-12;1-3-16-15-10-8-14(9-11-15)13-6-4-12(2)5-7-13/h2-9H,1H3;12-15H,3-11H2,1-2H3. The Hall–Kier alpha value is -2.73. The lowest BCUT2D eigenvalue weighted by Crippen LogP contribution is -2.28. The second-order valence-electron chi connectivity index (χ2n) is 11.4. The van der Waals surface area contributed by atoms with Gasteiger partial charge < -0.3 is 4.74 Å². The Kier molecular flexibility index (Phi) is 10.4. The molecule has 2 saturated carbocycles. The molecular formula is C34H39F5O. The number of benzene rings is 3. The molecule has 1 nitrogen and oxygen atoms in total. The van der Waals surface area contributed by atoms with Gasteiger partial charge in [-0.3, -0.25) is 0 Å². The highest BCUT2D eigenvalue weighted by Crippen LogP contribution is 2.40. The summed E-state index contributed by atoms with van der Waals surface area (Å²) in [6, 6.07) is 9.74. The number of hydrogen-bond donors (Lipinski definition) is 0. The highest BCUT2D eigenvalue weighted by Gasteiger charge is 2.30. The first kappa shape index (κ1) is 30.2. The van der Waals surface area contributed by atoms with Gasteiger partial charge in [0.2, 0.25) is 0 Å². The Morgan fingerprint density at radius 1 is 0.625 bits per heavy atom. The van der Waals surface area contributed by atoms with E-state index in [4.69, 9.17) is 4.74 Å². The van der Waals surface area contributed by atoms with E-state index in [1.165, 1.54) is 75.6 Å². The third kappa shape index (κ3) is 7.51. The topological polar surface area (TPSA) is 9.23 Å². The first-order chi connectivity index (χ1) is 19.2. The minimum atomic E-state index is -1.61. The molecule has 3 aromatic carbocycles. The molecule has 216 valence electrons. The molecule has 2 aliphatic rings. The molecule has 0 amide bonds. The number of halogens is 5. The molecule has 0 unspecified atom stereocenters. The summed E-state index contributed by atoms with van der Waals surface area (Å²) in [6.07, 6.45) is 12.1. The zero-order valence-corrected chi connectivity index (χ0v) is 23.6. The number of rotatable bonds is 5. The quantitative estimate of drug-likeness (QED) is 0.224. The van der Waals surface area contributed by atoms with Gasteiger partial charge >= 0.3 is 0 Å². The fraction of sp³-hybridized carbons (Fsp3) is 0.471. The molecule has 0 radical (unpaired) electrons. The van der Waals surface area contributed by atoms with E-state index in [1.807, 2.05) is 0 Å². The minimum absolute atomic E-state index is 0.107. The summed E-state index contributed by atoms with van der Waals surface area (Å²) in [7, 11) is 0. The van der Waals surface area contributed by atoms with Gasteiger partial charge in [0.25, 0.3) is 0 Å². The van der Waals surface area contributed by atoms with Crippen LogP contribution in [-0.4, -0.2) is 12.7 Å². The second-order valence-corrected chi connectivity index (χ2v) is 11.4. The van der Waals surface area contributed by atoms with E-state index in [-0.39, 0.29) is 22.3 Å². The van der Waals surface area contributed by atoms with Gasteiger partial charge in [-0.15, -0.1) is 0 Å². The molecule has 3 aromatic rings. The van der Waals surface area contributed by atoms with Crippen LogP contribution in [0.15, 0.2) is 48.5 Å². The fourth-order valence-corrected chi connectivity index (χ4v) is 6.20. The molecule has 2 aliphatic carbocycles. The summed E-state index contributed by atoms with van der Waals surface area (Å²) in [5, 5.41) is 0. The summed E-state index contributed by atoms with van der Waals surface area (Å²) in [6.45, 7) is 7.17. The van der Waals surface area contributed by atoms with E-state index < -0.39 is 29.1 Å². The smallest absolute Gasteiger partial charge is 0.194 e. The zero-order valence-electron chi connectivity index (χ0n) is 23.6. The molecule has 5 rings (SSSR count). The van der Waals surface area contributed by atoms with E-state index in [9.17, 15) is 22.0 Å². The molecule has 2 fully saturated rings. The molecule has 0 bridgehead atoms. The molecule has 0 aliphatic heterocycles. The van der Waals surface area contributed by atoms with Gasteiger partial charge in [-0.2, -0.15) is 0 Å². The lowest BCUT2D eigenvalue weighted by molar-refractivity contribution is 0.0139. The van der Waals surface area contributed by atoms with Crippen LogP contribution >= 0.6 is 0 Å². The highest BCUT2D eigenvalue weighted by molar-refractivity contribution is 5.71. The molecular weight excluding hydrogens is 519 g/mol. The molecule has 0 N–H and O–H groups in total. The Labute approximate surface area is 234 Å². The van der Waals surface area contributed by atoms with Gasteiger partial charge in [0.05, 0.1) is 6.10 Å². The van der Waals surface area contributed by atoms with E-state index >= 15 is 0 Å². The van der Waals surface area contributed by atoms with Crippen molar-refractivity contribution in [2.45, 2.75) is 78.2 Å². The van der Waals surface area contributed by atoms with Gasteiger partial charge in [0, 0.05) is 17.7 Å². The van der Waals surface area contributed by atoms with Crippen LogP contribution in [0.2, 0.25) is 0 Å². The minimum Gasteiger partial charge on any atom is -0.379 e. The second kappa shape index (κ2) is 13.8. The van der Waals surface area contributed by atoms with Gasteiger partial charge in [0.1, 0.15) is 11.6 Å². The molecule has 6 heteroatoms. The van der Waals surface area contributed by atoms with Crippen LogP contribution in [0, 0.1) is 53.8 Å².